The van der Waals surface area contributed by atoms with Crippen LogP contribution in [0.4, 0.5) is 0 Å². The van der Waals surface area contributed by atoms with Gasteiger partial charge in [0.15, 0.2) is 5.78 Å². The molecule has 0 heterocycles. The predicted octanol–water partition coefficient (Wildman–Crippen LogP) is 5.47. The van der Waals surface area contributed by atoms with E-state index in [1.165, 1.54) is 0 Å². The summed E-state index contributed by atoms with van der Waals surface area (Å²) in [7, 11) is 0. The quantitative estimate of drug-likeness (QED) is 0.355. The molecule has 3 aromatic carbocycles. The first-order valence-corrected chi connectivity index (χ1v) is 7.81. The molecular formula is C22H16O. The molecule has 1 heteroatoms. The zero-order valence-electron chi connectivity index (χ0n) is 12.6. The van der Waals surface area contributed by atoms with E-state index in [0.29, 0.717) is 0 Å². The summed E-state index contributed by atoms with van der Waals surface area (Å²) < 4.78 is 0. The molecule has 0 amide bonds. The van der Waals surface area contributed by atoms with Gasteiger partial charge in [-0.25, -0.2) is 0 Å². The molecule has 0 bridgehead atoms. The van der Waals surface area contributed by atoms with Crippen LogP contribution in [-0.2, 0) is 0 Å². The average Bonchev–Trinajstić information content (AvgIpc) is 3.11. The van der Waals surface area contributed by atoms with Gasteiger partial charge in [-0.3, -0.25) is 4.79 Å². The zero-order chi connectivity index (χ0) is 15.6. The molecule has 23 heavy (non-hydrogen) atoms. The van der Waals surface area contributed by atoms with E-state index in [1.54, 1.807) is 6.08 Å². The van der Waals surface area contributed by atoms with Crippen LogP contribution in [0.15, 0.2) is 91.1 Å². The molecule has 0 aliphatic heterocycles. The molecule has 3 aromatic rings. The van der Waals surface area contributed by atoms with Crippen LogP contribution in [0.3, 0.4) is 0 Å². The smallest absolute Gasteiger partial charge is 0.186 e. The highest BCUT2D eigenvalue weighted by Gasteiger charge is 2.13. The second-order valence-corrected chi connectivity index (χ2v) is 5.76. The zero-order valence-corrected chi connectivity index (χ0v) is 12.6. The van der Waals surface area contributed by atoms with E-state index in [2.05, 4.69) is 30.4 Å². The topological polar surface area (TPSA) is 17.1 Å². The van der Waals surface area contributed by atoms with E-state index in [1.807, 2.05) is 54.6 Å². The molecule has 110 valence electrons. The van der Waals surface area contributed by atoms with Crippen molar-refractivity contribution < 1.29 is 4.79 Å². The van der Waals surface area contributed by atoms with Gasteiger partial charge in [0.25, 0.3) is 0 Å². The SMILES string of the molecule is O=C(C=CC1C=CC=C1)c1c2ccccc2cc2ccccc12. The van der Waals surface area contributed by atoms with Crippen LogP contribution < -0.4 is 0 Å². The summed E-state index contributed by atoms with van der Waals surface area (Å²) in [6.07, 6.45) is 11.8. The molecule has 0 fully saturated rings. The standard InChI is InChI=1S/C22H16O/c23-21(14-13-16-7-1-2-8-16)22-19-11-5-3-9-17(19)15-18-10-4-6-12-20(18)22/h1-16H. The largest absolute Gasteiger partial charge is 0.289 e. The molecular weight excluding hydrogens is 280 g/mol. The Morgan fingerprint density at radius 2 is 1.39 bits per heavy atom. The summed E-state index contributed by atoms with van der Waals surface area (Å²) in [6, 6.07) is 18.3. The minimum absolute atomic E-state index is 0.0618. The van der Waals surface area contributed by atoms with Crippen LogP contribution >= 0.6 is 0 Å². The number of rotatable bonds is 3. The number of carbonyl (C=O) groups excluding carboxylic acids is 1. The first kappa shape index (κ1) is 13.7. The summed E-state index contributed by atoms with van der Waals surface area (Å²) in [4.78, 5) is 12.9. The number of carbonyl (C=O) groups is 1. The van der Waals surface area contributed by atoms with E-state index in [4.69, 9.17) is 0 Å². The molecule has 0 unspecified atom stereocenters. The van der Waals surface area contributed by atoms with Gasteiger partial charge in [-0.05, 0) is 33.7 Å². The van der Waals surface area contributed by atoms with Gasteiger partial charge in [0.05, 0.1) is 0 Å². The van der Waals surface area contributed by atoms with Crippen LogP contribution in [-0.4, -0.2) is 5.78 Å². The maximum absolute atomic E-state index is 12.9. The molecule has 0 spiro atoms. The van der Waals surface area contributed by atoms with Crippen molar-refractivity contribution >= 4 is 27.3 Å². The molecule has 0 N–H and O–H groups in total. The lowest BCUT2D eigenvalue weighted by Gasteiger charge is -2.09. The van der Waals surface area contributed by atoms with E-state index in [9.17, 15) is 4.79 Å². The first-order chi connectivity index (χ1) is 11.3. The van der Waals surface area contributed by atoms with Gasteiger partial charge >= 0.3 is 0 Å². The van der Waals surface area contributed by atoms with Gasteiger partial charge in [-0.1, -0.05) is 78.9 Å². The third-order valence-corrected chi connectivity index (χ3v) is 4.27. The highest BCUT2D eigenvalue weighted by Crippen LogP contribution is 2.29. The van der Waals surface area contributed by atoms with Crippen molar-refractivity contribution in [3.8, 4) is 0 Å². The Balaban J connectivity index is 1.90. The minimum atomic E-state index is 0.0618. The maximum atomic E-state index is 12.9. The highest BCUT2D eigenvalue weighted by molar-refractivity contribution is 6.22. The van der Waals surface area contributed by atoms with Crippen molar-refractivity contribution in [3.05, 3.63) is 96.6 Å². The van der Waals surface area contributed by atoms with Crippen molar-refractivity contribution in [2.75, 3.05) is 0 Å². The fraction of sp³-hybridized carbons (Fsp3) is 0.0455. The number of ketones is 1. The van der Waals surface area contributed by atoms with E-state index in [0.717, 1.165) is 27.1 Å². The third kappa shape index (κ3) is 2.51. The average molecular weight is 296 g/mol. The lowest BCUT2D eigenvalue weighted by atomic mass is 9.93. The Hall–Kier alpha value is -2.93. The van der Waals surface area contributed by atoms with Gasteiger partial charge < -0.3 is 0 Å². The summed E-state index contributed by atoms with van der Waals surface area (Å²) in [5, 5.41) is 4.23. The van der Waals surface area contributed by atoms with Crippen molar-refractivity contribution in [1.29, 1.82) is 0 Å². The Morgan fingerprint density at radius 3 is 2.00 bits per heavy atom. The molecule has 4 rings (SSSR count). The van der Waals surface area contributed by atoms with E-state index in [-0.39, 0.29) is 11.7 Å². The lowest BCUT2D eigenvalue weighted by molar-refractivity contribution is 0.104. The Kier molecular flexibility index (Phi) is 3.39. The van der Waals surface area contributed by atoms with Crippen molar-refractivity contribution in [2.24, 2.45) is 5.92 Å². The van der Waals surface area contributed by atoms with E-state index >= 15 is 0 Å². The van der Waals surface area contributed by atoms with Crippen LogP contribution in [0, 0.1) is 5.92 Å². The van der Waals surface area contributed by atoms with Gasteiger partial charge in [-0.15, -0.1) is 0 Å². The molecule has 1 aliphatic carbocycles. The summed E-state index contributed by atoms with van der Waals surface area (Å²) in [5.74, 6) is 0.284. The number of hydrogen-bond acceptors (Lipinski definition) is 1. The number of benzene rings is 3. The highest BCUT2D eigenvalue weighted by atomic mass is 16.1. The third-order valence-electron chi connectivity index (χ3n) is 4.27. The second-order valence-electron chi connectivity index (χ2n) is 5.76. The summed E-state index contributed by atoms with van der Waals surface area (Å²) >= 11 is 0. The normalized spacial score (nSPS) is 14.4. The fourth-order valence-corrected chi connectivity index (χ4v) is 3.14. The molecule has 1 nitrogen and oxygen atoms in total. The van der Waals surface area contributed by atoms with Gasteiger partial charge in [0.1, 0.15) is 0 Å². The molecule has 0 radical (unpaired) electrons. The van der Waals surface area contributed by atoms with Gasteiger partial charge in [-0.2, -0.15) is 0 Å². The Bertz CT molecular complexity index is 923. The van der Waals surface area contributed by atoms with Gasteiger partial charge in [0, 0.05) is 11.5 Å². The summed E-state index contributed by atoms with van der Waals surface area (Å²) in [6.45, 7) is 0. The van der Waals surface area contributed by atoms with Crippen LogP contribution in [0.5, 0.6) is 0 Å². The van der Waals surface area contributed by atoms with Crippen molar-refractivity contribution in [2.45, 2.75) is 0 Å². The maximum Gasteiger partial charge on any atom is 0.186 e. The Labute approximate surface area is 135 Å². The van der Waals surface area contributed by atoms with Crippen molar-refractivity contribution in [3.63, 3.8) is 0 Å². The van der Waals surface area contributed by atoms with Crippen LogP contribution in [0.25, 0.3) is 21.5 Å². The molecule has 0 atom stereocenters. The van der Waals surface area contributed by atoms with Crippen molar-refractivity contribution in [1.82, 2.24) is 0 Å². The monoisotopic (exact) mass is 296 g/mol. The fourth-order valence-electron chi connectivity index (χ4n) is 3.14. The Morgan fingerprint density at radius 1 is 0.826 bits per heavy atom. The lowest BCUT2D eigenvalue weighted by Crippen LogP contribution is -1.99. The molecule has 0 aromatic heterocycles. The minimum Gasteiger partial charge on any atom is -0.289 e. The number of allylic oxidation sites excluding steroid dienone is 6. The van der Waals surface area contributed by atoms with E-state index < -0.39 is 0 Å². The van der Waals surface area contributed by atoms with Crippen LogP contribution in [0.1, 0.15) is 10.4 Å². The first-order valence-electron chi connectivity index (χ1n) is 7.81. The number of hydrogen-bond donors (Lipinski definition) is 0. The second kappa shape index (κ2) is 5.69. The molecule has 0 saturated carbocycles. The van der Waals surface area contributed by atoms with Crippen LogP contribution in [0.2, 0.25) is 0 Å². The predicted molar refractivity (Wildman–Crippen MR) is 96.7 cm³/mol. The number of fused-ring (bicyclic) bond motifs is 2. The molecule has 1 aliphatic rings. The van der Waals surface area contributed by atoms with Gasteiger partial charge in [0.2, 0.25) is 0 Å². The molecule has 0 saturated heterocycles. The summed E-state index contributed by atoms with van der Waals surface area (Å²) in [5.41, 5.74) is 0.793.